The Morgan fingerprint density at radius 3 is 2.63 bits per heavy atom. The fourth-order valence-corrected chi connectivity index (χ4v) is 1.42. The molecule has 0 saturated heterocycles. The molecular formula is C12H10N4O3. The molecule has 1 aromatic carbocycles. The standard InChI is InChI=1S/C12H10N4O3/c17-12(9-4-2-1-3-5-9)15-14-10-6-7-13-8-11(10)16(18)19/h1-8H,(H,13,14)(H,15,17). The van der Waals surface area contributed by atoms with E-state index in [0.29, 0.717) is 5.56 Å². The first-order valence-electron chi connectivity index (χ1n) is 5.38. The van der Waals surface area contributed by atoms with E-state index in [-0.39, 0.29) is 17.3 Å². The van der Waals surface area contributed by atoms with E-state index < -0.39 is 4.92 Å². The van der Waals surface area contributed by atoms with Crippen molar-refractivity contribution >= 4 is 17.3 Å². The molecule has 2 aromatic rings. The van der Waals surface area contributed by atoms with Crippen molar-refractivity contribution in [2.24, 2.45) is 0 Å². The Balaban J connectivity index is 2.07. The molecule has 96 valence electrons. The molecule has 0 fully saturated rings. The van der Waals surface area contributed by atoms with Crippen LogP contribution in [0, 0.1) is 10.1 Å². The number of nitrogens with zero attached hydrogens (tertiary/aromatic N) is 2. The number of anilines is 1. The summed E-state index contributed by atoms with van der Waals surface area (Å²) in [6, 6.07) is 9.92. The van der Waals surface area contributed by atoms with E-state index >= 15 is 0 Å². The van der Waals surface area contributed by atoms with Gasteiger partial charge < -0.3 is 0 Å². The molecule has 7 heteroatoms. The van der Waals surface area contributed by atoms with Crippen molar-refractivity contribution in [3.05, 3.63) is 64.5 Å². The topological polar surface area (TPSA) is 97.2 Å². The molecule has 7 nitrogen and oxygen atoms in total. The minimum atomic E-state index is -0.579. The highest BCUT2D eigenvalue weighted by Crippen LogP contribution is 2.20. The number of hydrogen-bond donors (Lipinski definition) is 2. The monoisotopic (exact) mass is 258 g/mol. The molecular weight excluding hydrogens is 248 g/mol. The zero-order valence-corrected chi connectivity index (χ0v) is 9.74. The van der Waals surface area contributed by atoms with Gasteiger partial charge in [0.15, 0.2) is 0 Å². The van der Waals surface area contributed by atoms with Crippen molar-refractivity contribution in [1.82, 2.24) is 10.4 Å². The smallest absolute Gasteiger partial charge is 0.292 e. The van der Waals surface area contributed by atoms with E-state index in [1.165, 1.54) is 12.3 Å². The van der Waals surface area contributed by atoms with Gasteiger partial charge in [0.2, 0.25) is 0 Å². The van der Waals surface area contributed by atoms with Crippen molar-refractivity contribution in [2.75, 3.05) is 5.43 Å². The molecule has 0 aliphatic heterocycles. The van der Waals surface area contributed by atoms with Gasteiger partial charge in [0.25, 0.3) is 5.91 Å². The first-order valence-corrected chi connectivity index (χ1v) is 5.38. The Bertz CT molecular complexity index is 601. The molecule has 0 aliphatic rings. The minimum Gasteiger partial charge on any atom is -0.292 e. The highest BCUT2D eigenvalue weighted by Gasteiger charge is 2.13. The lowest BCUT2D eigenvalue weighted by molar-refractivity contribution is -0.384. The second-order valence-electron chi connectivity index (χ2n) is 3.60. The number of amides is 1. The van der Waals surface area contributed by atoms with Gasteiger partial charge >= 0.3 is 5.69 Å². The summed E-state index contributed by atoms with van der Waals surface area (Å²) in [6.07, 6.45) is 2.50. The molecule has 2 rings (SSSR count). The largest absolute Gasteiger partial charge is 0.312 e. The Kier molecular flexibility index (Phi) is 3.67. The van der Waals surface area contributed by atoms with E-state index in [2.05, 4.69) is 15.8 Å². The number of nitrogens with one attached hydrogen (secondary N) is 2. The normalized spacial score (nSPS) is 9.68. The number of nitro groups is 1. The van der Waals surface area contributed by atoms with E-state index in [0.717, 1.165) is 6.20 Å². The average Bonchev–Trinajstić information content (AvgIpc) is 2.46. The predicted octanol–water partition coefficient (Wildman–Crippen LogP) is 1.75. The van der Waals surface area contributed by atoms with E-state index in [1.54, 1.807) is 30.3 Å². The number of rotatable bonds is 4. The van der Waals surface area contributed by atoms with Gasteiger partial charge in [0, 0.05) is 11.8 Å². The summed E-state index contributed by atoms with van der Waals surface area (Å²) in [4.78, 5) is 25.6. The first-order chi connectivity index (χ1) is 9.18. The second-order valence-corrected chi connectivity index (χ2v) is 3.60. The molecule has 1 amide bonds. The van der Waals surface area contributed by atoms with Gasteiger partial charge in [-0.15, -0.1) is 0 Å². The molecule has 0 spiro atoms. The molecule has 1 heterocycles. The molecule has 0 aliphatic carbocycles. The van der Waals surface area contributed by atoms with Gasteiger partial charge in [-0.3, -0.25) is 30.7 Å². The van der Waals surface area contributed by atoms with Crippen LogP contribution in [0.5, 0.6) is 0 Å². The van der Waals surface area contributed by atoms with Crippen LogP contribution in [0.15, 0.2) is 48.8 Å². The average molecular weight is 258 g/mol. The third-order valence-corrected chi connectivity index (χ3v) is 2.34. The summed E-state index contributed by atoms with van der Waals surface area (Å²) in [6.45, 7) is 0. The maximum atomic E-state index is 11.7. The van der Waals surface area contributed by atoms with Crippen molar-refractivity contribution in [3.8, 4) is 0 Å². The van der Waals surface area contributed by atoms with Crippen molar-refractivity contribution in [1.29, 1.82) is 0 Å². The van der Waals surface area contributed by atoms with Gasteiger partial charge in [-0.2, -0.15) is 0 Å². The molecule has 0 radical (unpaired) electrons. The summed E-state index contributed by atoms with van der Waals surface area (Å²) >= 11 is 0. The molecule has 0 atom stereocenters. The van der Waals surface area contributed by atoms with Gasteiger partial charge in [0.1, 0.15) is 11.9 Å². The summed E-state index contributed by atoms with van der Waals surface area (Å²) in [7, 11) is 0. The second kappa shape index (κ2) is 5.58. The third kappa shape index (κ3) is 3.03. The zero-order valence-electron chi connectivity index (χ0n) is 9.74. The van der Waals surface area contributed by atoms with Crippen LogP contribution in [0.1, 0.15) is 10.4 Å². The molecule has 0 bridgehead atoms. The lowest BCUT2D eigenvalue weighted by Crippen LogP contribution is -2.29. The van der Waals surface area contributed by atoms with Crippen molar-refractivity contribution in [3.63, 3.8) is 0 Å². The quantitative estimate of drug-likeness (QED) is 0.643. The first kappa shape index (κ1) is 12.5. The SMILES string of the molecule is O=C(NNc1ccncc1[N+](=O)[O-])c1ccccc1. The summed E-state index contributed by atoms with van der Waals surface area (Å²) in [5, 5.41) is 10.7. The maximum Gasteiger partial charge on any atom is 0.312 e. The molecule has 2 N–H and O–H groups in total. The van der Waals surface area contributed by atoms with Gasteiger partial charge in [-0.05, 0) is 18.2 Å². The number of pyridine rings is 1. The van der Waals surface area contributed by atoms with Crippen molar-refractivity contribution < 1.29 is 9.72 Å². The Labute approximate surface area is 108 Å². The molecule has 0 unspecified atom stereocenters. The number of carbonyl (C=O) groups excluding carboxylic acids is 1. The molecule has 1 aromatic heterocycles. The van der Waals surface area contributed by atoms with Crippen LogP contribution < -0.4 is 10.9 Å². The van der Waals surface area contributed by atoms with Crippen LogP contribution in [0.3, 0.4) is 0 Å². The zero-order chi connectivity index (χ0) is 13.7. The van der Waals surface area contributed by atoms with Crippen LogP contribution in [0.2, 0.25) is 0 Å². The van der Waals surface area contributed by atoms with Gasteiger partial charge in [-0.1, -0.05) is 18.2 Å². The van der Waals surface area contributed by atoms with Crippen LogP contribution in [-0.2, 0) is 0 Å². The fraction of sp³-hybridized carbons (Fsp3) is 0. The number of hydrogen-bond acceptors (Lipinski definition) is 5. The lowest BCUT2D eigenvalue weighted by atomic mass is 10.2. The summed E-state index contributed by atoms with van der Waals surface area (Å²) in [5.74, 6) is -0.383. The van der Waals surface area contributed by atoms with Gasteiger partial charge in [0.05, 0.1) is 4.92 Å². The summed E-state index contributed by atoms with van der Waals surface area (Å²) < 4.78 is 0. The Hall–Kier alpha value is -2.96. The van der Waals surface area contributed by atoms with Crippen LogP contribution >= 0.6 is 0 Å². The van der Waals surface area contributed by atoms with Crippen LogP contribution in [0.4, 0.5) is 11.4 Å². The minimum absolute atomic E-state index is 0.171. The number of carbonyl (C=O) groups is 1. The van der Waals surface area contributed by atoms with E-state index in [9.17, 15) is 14.9 Å². The van der Waals surface area contributed by atoms with Crippen LogP contribution in [0.25, 0.3) is 0 Å². The Morgan fingerprint density at radius 2 is 1.95 bits per heavy atom. The number of aromatic nitrogens is 1. The van der Waals surface area contributed by atoms with Crippen LogP contribution in [-0.4, -0.2) is 15.8 Å². The number of benzene rings is 1. The molecule has 0 saturated carbocycles. The molecule has 19 heavy (non-hydrogen) atoms. The highest BCUT2D eigenvalue weighted by atomic mass is 16.6. The fourth-order valence-electron chi connectivity index (χ4n) is 1.42. The maximum absolute atomic E-state index is 11.7. The van der Waals surface area contributed by atoms with Gasteiger partial charge in [-0.25, -0.2) is 0 Å². The van der Waals surface area contributed by atoms with E-state index in [4.69, 9.17) is 0 Å². The van der Waals surface area contributed by atoms with Crippen molar-refractivity contribution in [2.45, 2.75) is 0 Å². The predicted molar refractivity (Wildman–Crippen MR) is 68.4 cm³/mol. The summed E-state index contributed by atoms with van der Waals surface area (Å²) in [5.41, 5.74) is 5.31. The third-order valence-electron chi connectivity index (χ3n) is 2.34. The highest BCUT2D eigenvalue weighted by molar-refractivity contribution is 5.94. The Morgan fingerprint density at radius 1 is 1.21 bits per heavy atom. The lowest BCUT2D eigenvalue weighted by Gasteiger charge is -2.08. The van der Waals surface area contributed by atoms with E-state index in [1.807, 2.05) is 0 Å². The number of hydrazine groups is 1.